The standard InChI is InChI=1S/C7H10N2S/c1-9-7(10)4-6(8-9)5-2-3-5/h4-5,8H,2-3H2,1H3. The van der Waals surface area contributed by atoms with Crippen molar-refractivity contribution in [1.82, 2.24) is 9.78 Å². The van der Waals surface area contributed by atoms with E-state index in [0.717, 1.165) is 10.6 Å². The molecule has 0 aromatic carbocycles. The molecule has 1 fully saturated rings. The number of rotatable bonds is 1. The Kier molecular flexibility index (Phi) is 1.20. The molecule has 0 amide bonds. The summed E-state index contributed by atoms with van der Waals surface area (Å²) < 4.78 is 2.80. The number of H-pyrrole nitrogens is 1. The molecule has 1 aliphatic carbocycles. The van der Waals surface area contributed by atoms with Crippen molar-refractivity contribution in [3.63, 3.8) is 0 Å². The van der Waals surface area contributed by atoms with Gasteiger partial charge in [0.1, 0.15) is 4.64 Å². The molecule has 0 radical (unpaired) electrons. The van der Waals surface area contributed by atoms with Crippen LogP contribution in [-0.2, 0) is 7.05 Å². The van der Waals surface area contributed by atoms with Crippen molar-refractivity contribution >= 4 is 12.2 Å². The molecule has 0 unspecified atom stereocenters. The van der Waals surface area contributed by atoms with Crippen LogP contribution in [0.5, 0.6) is 0 Å². The largest absolute Gasteiger partial charge is 0.302 e. The van der Waals surface area contributed by atoms with E-state index in [0.29, 0.717) is 0 Å². The van der Waals surface area contributed by atoms with E-state index in [1.165, 1.54) is 18.5 Å². The molecule has 1 aliphatic rings. The first-order chi connectivity index (χ1) is 4.77. The first-order valence-corrected chi connectivity index (χ1v) is 3.94. The maximum atomic E-state index is 5.05. The van der Waals surface area contributed by atoms with Gasteiger partial charge in [0.25, 0.3) is 0 Å². The molecule has 0 spiro atoms. The van der Waals surface area contributed by atoms with E-state index in [2.05, 4.69) is 11.2 Å². The molecule has 54 valence electrons. The molecule has 1 heterocycles. The van der Waals surface area contributed by atoms with Crippen molar-refractivity contribution < 1.29 is 0 Å². The van der Waals surface area contributed by atoms with Gasteiger partial charge in [-0.25, -0.2) is 0 Å². The monoisotopic (exact) mass is 154 g/mol. The minimum atomic E-state index is 0.780. The van der Waals surface area contributed by atoms with Gasteiger partial charge in [0.15, 0.2) is 0 Å². The summed E-state index contributed by atoms with van der Waals surface area (Å²) in [5.41, 5.74) is 1.31. The van der Waals surface area contributed by atoms with Crippen LogP contribution in [0.2, 0.25) is 0 Å². The highest BCUT2D eigenvalue weighted by atomic mass is 32.1. The Labute approximate surface area is 64.9 Å². The second-order valence-corrected chi connectivity index (χ2v) is 3.30. The Bertz CT molecular complexity index is 293. The van der Waals surface area contributed by atoms with Crippen LogP contribution in [0.4, 0.5) is 0 Å². The third kappa shape index (κ3) is 0.904. The first-order valence-electron chi connectivity index (χ1n) is 3.53. The van der Waals surface area contributed by atoms with E-state index >= 15 is 0 Å². The molecular weight excluding hydrogens is 144 g/mol. The summed E-state index contributed by atoms with van der Waals surface area (Å²) in [7, 11) is 1.95. The SMILES string of the molecule is Cn1[nH]c(C2CC2)cc1=S. The topological polar surface area (TPSA) is 20.7 Å². The first kappa shape index (κ1) is 6.16. The Balaban J connectivity index is 2.43. The van der Waals surface area contributed by atoms with Crippen LogP contribution < -0.4 is 0 Å². The van der Waals surface area contributed by atoms with Crippen molar-refractivity contribution in [2.24, 2.45) is 7.05 Å². The fraction of sp³-hybridized carbons (Fsp3) is 0.571. The highest BCUT2D eigenvalue weighted by Crippen LogP contribution is 2.38. The minimum absolute atomic E-state index is 0.780. The quantitative estimate of drug-likeness (QED) is 0.613. The van der Waals surface area contributed by atoms with Crippen LogP contribution in [0.3, 0.4) is 0 Å². The predicted octanol–water partition coefficient (Wildman–Crippen LogP) is 1.96. The second kappa shape index (κ2) is 1.95. The fourth-order valence-corrected chi connectivity index (χ4v) is 1.29. The second-order valence-electron chi connectivity index (χ2n) is 2.88. The molecule has 0 bridgehead atoms. The number of hydrogen-bond acceptors (Lipinski definition) is 1. The van der Waals surface area contributed by atoms with Gasteiger partial charge >= 0.3 is 0 Å². The van der Waals surface area contributed by atoms with Gasteiger partial charge in [-0.3, -0.25) is 4.68 Å². The molecule has 0 aliphatic heterocycles. The van der Waals surface area contributed by atoms with E-state index in [1.807, 2.05) is 11.7 Å². The highest BCUT2D eigenvalue weighted by Gasteiger charge is 2.24. The zero-order valence-electron chi connectivity index (χ0n) is 5.92. The maximum Gasteiger partial charge on any atom is 0.121 e. The van der Waals surface area contributed by atoms with Crippen LogP contribution in [0.1, 0.15) is 24.5 Å². The summed E-state index contributed by atoms with van der Waals surface area (Å²) in [6.45, 7) is 0. The molecule has 3 heteroatoms. The third-order valence-corrected chi connectivity index (χ3v) is 2.32. The number of nitrogens with zero attached hydrogens (tertiary/aromatic N) is 1. The molecule has 0 atom stereocenters. The fourth-order valence-electron chi connectivity index (χ4n) is 1.11. The lowest BCUT2D eigenvalue weighted by Gasteiger charge is -1.89. The summed E-state index contributed by atoms with van der Waals surface area (Å²) in [5, 5.41) is 3.22. The van der Waals surface area contributed by atoms with Crippen molar-refractivity contribution in [3.8, 4) is 0 Å². The van der Waals surface area contributed by atoms with Gasteiger partial charge in [-0.15, -0.1) is 0 Å². The van der Waals surface area contributed by atoms with Crippen LogP contribution in [-0.4, -0.2) is 9.78 Å². The summed E-state index contributed by atoms with van der Waals surface area (Å²) in [6, 6.07) is 2.06. The molecule has 10 heavy (non-hydrogen) atoms. The molecule has 2 nitrogen and oxygen atoms in total. The number of hydrogen-bond donors (Lipinski definition) is 1. The summed E-state index contributed by atoms with van der Waals surface area (Å²) in [5.74, 6) is 0.780. The average molecular weight is 154 g/mol. The molecule has 1 aromatic heterocycles. The maximum absolute atomic E-state index is 5.05. The Morgan fingerprint density at radius 2 is 2.40 bits per heavy atom. The van der Waals surface area contributed by atoms with Crippen molar-refractivity contribution in [3.05, 3.63) is 16.4 Å². The molecule has 0 saturated heterocycles. The van der Waals surface area contributed by atoms with Crippen LogP contribution in [0.25, 0.3) is 0 Å². The number of nitrogens with one attached hydrogen (secondary N) is 1. The molecule has 1 saturated carbocycles. The van der Waals surface area contributed by atoms with Gasteiger partial charge in [-0.2, -0.15) is 0 Å². The summed E-state index contributed by atoms with van der Waals surface area (Å²) in [6.07, 6.45) is 2.66. The van der Waals surface area contributed by atoms with Crippen molar-refractivity contribution in [2.45, 2.75) is 18.8 Å². The summed E-state index contributed by atoms with van der Waals surface area (Å²) >= 11 is 5.05. The van der Waals surface area contributed by atoms with Crippen molar-refractivity contribution in [2.75, 3.05) is 0 Å². The zero-order valence-corrected chi connectivity index (χ0v) is 6.74. The highest BCUT2D eigenvalue weighted by molar-refractivity contribution is 7.71. The number of aromatic nitrogens is 2. The molecule has 2 rings (SSSR count). The molecule has 1 aromatic rings. The molecule has 1 N–H and O–H groups in total. The van der Waals surface area contributed by atoms with Gasteiger partial charge in [0.2, 0.25) is 0 Å². The van der Waals surface area contributed by atoms with E-state index in [9.17, 15) is 0 Å². The van der Waals surface area contributed by atoms with Gasteiger partial charge < -0.3 is 5.10 Å². The number of aryl methyl sites for hydroxylation is 1. The minimum Gasteiger partial charge on any atom is -0.302 e. The van der Waals surface area contributed by atoms with E-state index in [4.69, 9.17) is 12.2 Å². The van der Waals surface area contributed by atoms with E-state index < -0.39 is 0 Å². The lowest BCUT2D eigenvalue weighted by atomic mass is 10.3. The predicted molar refractivity (Wildman–Crippen MR) is 42.6 cm³/mol. The van der Waals surface area contributed by atoms with Crippen LogP contribution in [0.15, 0.2) is 6.07 Å². The number of aromatic amines is 1. The summed E-state index contributed by atoms with van der Waals surface area (Å²) in [4.78, 5) is 0. The van der Waals surface area contributed by atoms with Gasteiger partial charge in [0, 0.05) is 18.7 Å². The zero-order chi connectivity index (χ0) is 7.14. The normalized spacial score (nSPS) is 17.7. The van der Waals surface area contributed by atoms with Gasteiger partial charge in [-0.05, 0) is 18.9 Å². The Hall–Kier alpha value is -0.570. The van der Waals surface area contributed by atoms with E-state index in [1.54, 1.807) is 0 Å². The average Bonchev–Trinajstić information content (AvgIpc) is 2.64. The smallest absolute Gasteiger partial charge is 0.121 e. The van der Waals surface area contributed by atoms with Crippen LogP contribution >= 0.6 is 12.2 Å². The van der Waals surface area contributed by atoms with E-state index in [-0.39, 0.29) is 0 Å². The lowest BCUT2D eigenvalue weighted by Crippen LogP contribution is -1.90. The van der Waals surface area contributed by atoms with Gasteiger partial charge in [0.05, 0.1) is 0 Å². The Morgan fingerprint density at radius 3 is 2.80 bits per heavy atom. The third-order valence-electron chi connectivity index (χ3n) is 1.92. The van der Waals surface area contributed by atoms with Crippen molar-refractivity contribution in [1.29, 1.82) is 0 Å². The van der Waals surface area contributed by atoms with Crippen LogP contribution in [0, 0.1) is 4.64 Å². The van der Waals surface area contributed by atoms with Gasteiger partial charge in [-0.1, -0.05) is 12.2 Å². The lowest BCUT2D eigenvalue weighted by molar-refractivity contribution is 0.735. The Morgan fingerprint density at radius 1 is 1.70 bits per heavy atom. The molecular formula is C7H10N2S.